The van der Waals surface area contributed by atoms with Crippen molar-refractivity contribution < 1.29 is 9.63 Å². The second kappa shape index (κ2) is 3.87. The van der Waals surface area contributed by atoms with Crippen LogP contribution in [0.3, 0.4) is 0 Å². The molecule has 70 valence electrons. The van der Waals surface area contributed by atoms with Crippen LogP contribution in [-0.2, 0) is 9.63 Å². The third-order valence-electron chi connectivity index (χ3n) is 1.93. The van der Waals surface area contributed by atoms with E-state index in [1.54, 1.807) is 0 Å². The summed E-state index contributed by atoms with van der Waals surface area (Å²) >= 11 is 0. The van der Waals surface area contributed by atoms with Crippen molar-refractivity contribution in [2.75, 3.05) is 13.1 Å². The number of hydroxylamine groups is 2. The van der Waals surface area contributed by atoms with Gasteiger partial charge in [-0.3, -0.25) is 9.63 Å². The Labute approximate surface area is 72.6 Å². The molecule has 0 aromatic rings. The van der Waals surface area contributed by atoms with Gasteiger partial charge in [0, 0.05) is 0 Å². The van der Waals surface area contributed by atoms with Gasteiger partial charge in [-0.15, -0.1) is 0 Å². The lowest BCUT2D eigenvalue weighted by Gasteiger charge is -2.18. The highest BCUT2D eigenvalue weighted by Crippen LogP contribution is 2.15. The summed E-state index contributed by atoms with van der Waals surface area (Å²) in [5.74, 6) is 0.377. The number of hydrogen-bond donors (Lipinski definition) is 1. The summed E-state index contributed by atoms with van der Waals surface area (Å²) in [6.45, 7) is 5.09. The molecule has 4 nitrogen and oxygen atoms in total. The lowest BCUT2D eigenvalue weighted by Crippen LogP contribution is -2.31. The van der Waals surface area contributed by atoms with Gasteiger partial charge in [0.25, 0.3) is 0 Å². The largest absolute Gasteiger partial charge is 0.330 e. The number of carbonyl (C=O) groups is 1. The maximum atomic E-state index is 11.2. The van der Waals surface area contributed by atoms with Crippen molar-refractivity contribution in [1.29, 1.82) is 0 Å². The van der Waals surface area contributed by atoms with Gasteiger partial charge in [-0.05, 0) is 19.4 Å². The molecule has 1 rings (SSSR count). The summed E-state index contributed by atoms with van der Waals surface area (Å²) in [7, 11) is 0. The first kappa shape index (κ1) is 9.48. The topological polar surface area (TPSA) is 55.6 Å². The van der Waals surface area contributed by atoms with Gasteiger partial charge in [0.15, 0.2) is 0 Å². The first-order valence-electron chi connectivity index (χ1n) is 4.30. The van der Waals surface area contributed by atoms with Crippen LogP contribution in [0, 0.1) is 5.92 Å². The second-order valence-corrected chi connectivity index (χ2v) is 3.42. The van der Waals surface area contributed by atoms with Crippen LogP contribution in [0.15, 0.2) is 0 Å². The van der Waals surface area contributed by atoms with Crippen molar-refractivity contribution in [3.8, 4) is 0 Å². The Bertz CT molecular complexity index is 172. The Kier molecular flexibility index (Phi) is 3.05. The minimum Gasteiger partial charge on any atom is -0.330 e. The van der Waals surface area contributed by atoms with E-state index in [0.29, 0.717) is 25.4 Å². The van der Waals surface area contributed by atoms with Gasteiger partial charge in [-0.2, -0.15) is 0 Å². The number of amides is 1. The molecule has 1 amide bonds. The van der Waals surface area contributed by atoms with Gasteiger partial charge in [0.05, 0.1) is 19.1 Å². The Morgan fingerprint density at radius 2 is 2.50 bits per heavy atom. The Balaban J connectivity index is 2.37. The SMILES string of the molecule is CC(CN)CN1OC(C)CC1=O. The molecule has 1 aliphatic rings. The summed E-state index contributed by atoms with van der Waals surface area (Å²) in [4.78, 5) is 16.5. The van der Waals surface area contributed by atoms with Crippen molar-refractivity contribution in [3.05, 3.63) is 0 Å². The lowest BCUT2D eigenvalue weighted by atomic mass is 10.2. The lowest BCUT2D eigenvalue weighted by molar-refractivity contribution is -0.173. The molecule has 2 unspecified atom stereocenters. The predicted octanol–water partition coefficient (Wildman–Crippen LogP) is 0.134. The molecular weight excluding hydrogens is 156 g/mol. The molecule has 0 spiro atoms. The third kappa shape index (κ3) is 2.19. The van der Waals surface area contributed by atoms with Gasteiger partial charge in [-0.25, -0.2) is 5.06 Å². The molecule has 0 aliphatic carbocycles. The van der Waals surface area contributed by atoms with Gasteiger partial charge in [0.1, 0.15) is 0 Å². The number of nitrogens with two attached hydrogens (primary N) is 1. The highest BCUT2D eigenvalue weighted by atomic mass is 16.7. The summed E-state index contributed by atoms with van der Waals surface area (Å²) in [6, 6.07) is 0. The minimum absolute atomic E-state index is 0.0301. The van der Waals surface area contributed by atoms with Crippen LogP contribution in [0.5, 0.6) is 0 Å². The Morgan fingerprint density at radius 3 is 2.92 bits per heavy atom. The number of hydrogen-bond acceptors (Lipinski definition) is 3. The molecule has 1 fully saturated rings. The average molecular weight is 172 g/mol. The van der Waals surface area contributed by atoms with Crippen molar-refractivity contribution in [2.45, 2.75) is 26.4 Å². The zero-order valence-electron chi connectivity index (χ0n) is 7.62. The summed E-state index contributed by atoms with van der Waals surface area (Å²) in [5, 5.41) is 1.43. The zero-order valence-corrected chi connectivity index (χ0v) is 7.62. The van der Waals surface area contributed by atoms with Gasteiger partial charge < -0.3 is 5.73 Å². The second-order valence-electron chi connectivity index (χ2n) is 3.42. The van der Waals surface area contributed by atoms with Crippen LogP contribution < -0.4 is 5.73 Å². The van der Waals surface area contributed by atoms with E-state index >= 15 is 0 Å². The average Bonchev–Trinajstić information content (AvgIpc) is 2.30. The monoisotopic (exact) mass is 172 g/mol. The molecule has 0 bridgehead atoms. The highest BCUT2D eigenvalue weighted by Gasteiger charge is 2.28. The van der Waals surface area contributed by atoms with Crippen LogP contribution in [0.25, 0.3) is 0 Å². The molecule has 0 radical (unpaired) electrons. The van der Waals surface area contributed by atoms with E-state index in [1.165, 1.54) is 5.06 Å². The van der Waals surface area contributed by atoms with Crippen molar-refractivity contribution in [3.63, 3.8) is 0 Å². The fraction of sp³-hybridized carbons (Fsp3) is 0.875. The summed E-state index contributed by atoms with van der Waals surface area (Å²) < 4.78 is 0. The van der Waals surface area contributed by atoms with E-state index in [2.05, 4.69) is 0 Å². The Morgan fingerprint density at radius 1 is 1.83 bits per heavy atom. The molecule has 4 heteroatoms. The smallest absolute Gasteiger partial charge is 0.248 e. The highest BCUT2D eigenvalue weighted by molar-refractivity contribution is 5.77. The molecule has 0 aromatic carbocycles. The standard InChI is InChI=1S/C8H16N2O2/c1-6(4-9)5-10-8(11)3-7(2)12-10/h6-7H,3-5,9H2,1-2H3. The molecule has 12 heavy (non-hydrogen) atoms. The van der Waals surface area contributed by atoms with E-state index in [1.807, 2.05) is 13.8 Å². The van der Waals surface area contributed by atoms with Crippen LogP contribution >= 0.6 is 0 Å². The molecule has 0 saturated carbocycles. The molecular formula is C8H16N2O2. The molecule has 0 aromatic heterocycles. The fourth-order valence-electron chi connectivity index (χ4n) is 1.16. The van der Waals surface area contributed by atoms with E-state index in [0.717, 1.165) is 0 Å². The van der Waals surface area contributed by atoms with Crippen molar-refractivity contribution in [2.24, 2.45) is 11.7 Å². The van der Waals surface area contributed by atoms with E-state index < -0.39 is 0 Å². The van der Waals surface area contributed by atoms with Crippen molar-refractivity contribution >= 4 is 5.91 Å². The van der Waals surface area contributed by atoms with Crippen molar-refractivity contribution in [1.82, 2.24) is 5.06 Å². The molecule has 2 N–H and O–H groups in total. The zero-order chi connectivity index (χ0) is 9.14. The maximum absolute atomic E-state index is 11.2. The van der Waals surface area contributed by atoms with Crippen LogP contribution in [0.1, 0.15) is 20.3 Å². The molecule has 1 aliphatic heterocycles. The number of nitrogens with zero attached hydrogens (tertiary/aromatic N) is 1. The van der Waals surface area contributed by atoms with E-state index in [9.17, 15) is 4.79 Å². The van der Waals surface area contributed by atoms with Gasteiger partial charge >= 0.3 is 0 Å². The molecule has 2 atom stereocenters. The summed E-state index contributed by atoms with van der Waals surface area (Å²) in [6.07, 6.45) is 0.527. The maximum Gasteiger partial charge on any atom is 0.248 e. The third-order valence-corrected chi connectivity index (χ3v) is 1.93. The van der Waals surface area contributed by atoms with E-state index in [4.69, 9.17) is 10.6 Å². The van der Waals surface area contributed by atoms with Gasteiger partial charge in [-0.1, -0.05) is 6.92 Å². The first-order valence-corrected chi connectivity index (χ1v) is 4.30. The fourth-order valence-corrected chi connectivity index (χ4v) is 1.16. The van der Waals surface area contributed by atoms with Crippen LogP contribution in [0.4, 0.5) is 0 Å². The molecule has 1 heterocycles. The van der Waals surface area contributed by atoms with E-state index in [-0.39, 0.29) is 12.0 Å². The van der Waals surface area contributed by atoms with Gasteiger partial charge in [0.2, 0.25) is 5.91 Å². The normalized spacial score (nSPS) is 26.4. The summed E-state index contributed by atoms with van der Waals surface area (Å²) in [5.41, 5.74) is 5.44. The van der Waals surface area contributed by atoms with Crippen LogP contribution in [-0.4, -0.2) is 30.2 Å². The first-order chi connectivity index (χ1) is 5.63. The molecule has 1 saturated heterocycles. The number of rotatable bonds is 3. The predicted molar refractivity (Wildman–Crippen MR) is 45.1 cm³/mol. The number of carbonyl (C=O) groups excluding carboxylic acids is 1. The Hall–Kier alpha value is -0.610. The van der Waals surface area contributed by atoms with Crippen LogP contribution in [0.2, 0.25) is 0 Å². The quantitative estimate of drug-likeness (QED) is 0.658. The minimum atomic E-state index is 0.0301.